The monoisotopic (exact) mass is 537 g/mol. The molecule has 3 aromatic heterocycles. The molecule has 0 spiro atoms. The Morgan fingerprint density at radius 2 is 1.92 bits per heavy atom. The van der Waals surface area contributed by atoms with Crippen molar-refractivity contribution in [3.8, 4) is 28.8 Å². The largest absolute Gasteiger partial charge is 0.496 e. The first-order chi connectivity index (χ1) is 18.5. The molecule has 0 bridgehead atoms. The van der Waals surface area contributed by atoms with E-state index in [4.69, 9.17) is 15.5 Å². The average Bonchev–Trinajstić information content (AvgIpc) is 3.29. The summed E-state index contributed by atoms with van der Waals surface area (Å²) < 4.78 is 46.2. The molecule has 4 rings (SSSR count). The van der Waals surface area contributed by atoms with Gasteiger partial charge in [-0.3, -0.25) is 14.0 Å². The Morgan fingerprint density at radius 1 is 1.15 bits per heavy atom. The number of ether oxygens (including phenoxy) is 1. The van der Waals surface area contributed by atoms with Crippen LogP contribution in [0, 0.1) is 11.8 Å². The van der Waals surface area contributed by atoms with Crippen molar-refractivity contribution >= 4 is 29.0 Å². The number of aromatic nitrogens is 4. The van der Waals surface area contributed by atoms with Crippen LogP contribution in [0.15, 0.2) is 48.9 Å². The molecule has 4 N–H and O–H groups in total. The fraction of sp³-hybridized carbons (Fsp3) is 0.192. The smallest absolute Gasteiger partial charge is 0.416 e. The molecular weight excluding hydrogens is 515 g/mol. The van der Waals surface area contributed by atoms with Gasteiger partial charge in [-0.1, -0.05) is 12.0 Å². The van der Waals surface area contributed by atoms with Gasteiger partial charge >= 0.3 is 6.18 Å². The Hall–Kier alpha value is -5.12. The Bertz CT molecular complexity index is 1640. The summed E-state index contributed by atoms with van der Waals surface area (Å²) >= 11 is 0. The van der Waals surface area contributed by atoms with Crippen LogP contribution >= 0.6 is 0 Å². The number of methoxy groups -OCH3 is 1. The highest BCUT2D eigenvalue weighted by atomic mass is 19.4. The summed E-state index contributed by atoms with van der Waals surface area (Å²) in [5, 5.41) is 5.11. The minimum Gasteiger partial charge on any atom is -0.496 e. The van der Waals surface area contributed by atoms with Crippen molar-refractivity contribution in [2.24, 2.45) is 0 Å². The number of fused-ring (bicyclic) bond motifs is 1. The molecule has 200 valence electrons. The lowest BCUT2D eigenvalue weighted by atomic mass is 10.1. The second-order valence-corrected chi connectivity index (χ2v) is 8.22. The molecule has 10 nitrogen and oxygen atoms in total. The third-order valence-corrected chi connectivity index (χ3v) is 5.63. The molecule has 2 amide bonds. The predicted molar refractivity (Wildman–Crippen MR) is 137 cm³/mol. The van der Waals surface area contributed by atoms with Gasteiger partial charge in [-0.2, -0.15) is 13.2 Å². The summed E-state index contributed by atoms with van der Waals surface area (Å²) in [5.41, 5.74) is 6.65. The Balaban J connectivity index is 1.71. The van der Waals surface area contributed by atoms with Gasteiger partial charge in [0.05, 0.1) is 24.3 Å². The van der Waals surface area contributed by atoms with E-state index in [9.17, 15) is 22.8 Å². The summed E-state index contributed by atoms with van der Waals surface area (Å²) in [6, 6.07) is 5.56. The van der Waals surface area contributed by atoms with E-state index >= 15 is 0 Å². The number of nitrogens with two attached hydrogens (primary N) is 1. The van der Waals surface area contributed by atoms with E-state index in [1.165, 1.54) is 19.4 Å². The van der Waals surface area contributed by atoms with E-state index in [2.05, 4.69) is 32.4 Å². The first kappa shape index (κ1) is 26.9. The molecule has 0 saturated heterocycles. The highest BCUT2D eigenvalue weighted by molar-refractivity contribution is 6.06. The fourth-order valence-electron chi connectivity index (χ4n) is 3.89. The molecule has 4 aromatic rings. The molecule has 0 saturated carbocycles. The number of hydrogen-bond donors (Lipinski definition) is 3. The zero-order valence-corrected chi connectivity index (χ0v) is 20.9. The van der Waals surface area contributed by atoms with Crippen molar-refractivity contribution in [1.82, 2.24) is 24.7 Å². The number of pyridine rings is 1. The van der Waals surface area contributed by atoms with Crippen molar-refractivity contribution in [3.05, 3.63) is 65.9 Å². The number of imidazole rings is 1. The molecule has 0 aliphatic carbocycles. The van der Waals surface area contributed by atoms with E-state index in [-0.39, 0.29) is 22.9 Å². The standard InChI is InChI=1S/C26H22F3N7O3/c1-4-5-20(37)33-14(2)24-35-21(22-23(30)32-10-11-36(22)24)15-6-7-17(18(12-15)39-3)25(38)34-19-13-16(8-9-31-19)26(27,28)29/h6-14H,1-3H3,(H2,30,32)(H,33,37)(H,31,34,38)/t14-/m0/s1. The lowest BCUT2D eigenvalue weighted by Crippen LogP contribution is -2.26. The lowest BCUT2D eigenvalue weighted by Gasteiger charge is -2.12. The number of nitrogens with one attached hydrogen (secondary N) is 2. The van der Waals surface area contributed by atoms with Gasteiger partial charge in [-0.05, 0) is 44.0 Å². The van der Waals surface area contributed by atoms with Crippen LogP contribution in [0.5, 0.6) is 5.75 Å². The number of hydrogen-bond acceptors (Lipinski definition) is 7. The predicted octanol–water partition coefficient (Wildman–Crippen LogP) is 3.85. The molecule has 3 heterocycles. The van der Waals surface area contributed by atoms with Crippen LogP contribution in [-0.4, -0.2) is 38.3 Å². The van der Waals surface area contributed by atoms with Gasteiger partial charge in [0.2, 0.25) is 0 Å². The number of carbonyl (C=O) groups is 2. The van der Waals surface area contributed by atoms with Crippen molar-refractivity contribution in [1.29, 1.82) is 0 Å². The van der Waals surface area contributed by atoms with Gasteiger partial charge in [0, 0.05) is 24.2 Å². The van der Waals surface area contributed by atoms with Crippen LogP contribution in [0.1, 0.15) is 41.6 Å². The van der Waals surface area contributed by atoms with E-state index in [1.54, 1.807) is 36.6 Å². The maximum atomic E-state index is 13.0. The summed E-state index contributed by atoms with van der Waals surface area (Å²) in [4.78, 5) is 37.5. The maximum Gasteiger partial charge on any atom is 0.416 e. The van der Waals surface area contributed by atoms with E-state index in [1.807, 2.05) is 0 Å². The maximum absolute atomic E-state index is 13.0. The summed E-state index contributed by atoms with van der Waals surface area (Å²) in [7, 11) is 1.34. The number of rotatable bonds is 6. The van der Waals surface area contributed by atoms with Crippen LogP contribution in [0.4, 0.5) is 24.8 Å². The number of nitrogens with zero attached hydrogens (tertiary/aromatic N) is 4. The molecular formula is C26H22F3N7O3. The van der Waals surface area contributed by atoms with E-state index < -0.39 is 29.6 Å². The lowest BCUT2D eigenvalue weighted by molar-refractivity contribution is -0.137. The zero-order valence-electron chi connectivity index (χ0n) is 20.9. The number of anilines is 2. The minimum absolute atomic E-state index is 0.0501. The van der Waals surface area contributed by atoms with Crippen LogP contribution < -0.4 is 21.1 Å². The second kappa shape index (κ2) is 10.7. The van der Waals surface area contributed by atoms with Gasteiger partial charge in [0.15, 0.2) is 0 Å². The molecule has 0 unspecified atom stereocenters. The number of alkyl halides is 3. The number of amides is 2. The van der Waals surface area contributed by atoms with Crippen LogP contribution in [0.3, 0.4) is 0 Å². The molecule has 1 atom stereocenters. The van der Waals surface area contributed by atoms with Gasteiger partial charge < -0.3 is 21.1 Å². The van der Waals surface area contributed by atoms with Gasteiger partial charge in [0.1, 0.15) is 34.4 Å². The summed E-state index contributed by atoms with van der Waals surface area (Å²) in [6.45, 7) is 3.29. The minimum atomic E-state index is -4.59. The first-order valence-corrected chi connectivity index (χ1v) is 11.4. The topological polar surface area (TPSA) is 137 Å². The van der Waals surface area contributed by atoms with Crippen LogP contribution in [0.25, 0.3) is 16.8 Å². The number of benzene rings is 1. The van der Waals surface area contributed by atoms with Crippen molar-refractivity contribution in [2.45, 2.75) is 26.1 Å². The fourth-order valence-corrected chi connectivity index (χ4v) is 3.89. The van der Waals surface area contributed by atoms with Gasteiger partial charge in [-0.25, -0.2) is 15.0 Å². The molecule has 0 radical (unpaired) electrons. The third-order valence-electron chi connectivity index (χ3n) is 5.63. The molecule has 0 aliphatic heterocycles. The van der Waals surface area contributed by atoms with Gasteiger partial charge in [-0.15, -0.1) is 0 Å². The summed E-state index contributed by atoms with van der Waals surface area (Å²) in [6.07, 6.45) is -0.494. The molecule has 0 aliphatic rings. The molecule has 0 fully saturated rings. The highest BCUT2D eigenvalue weighted by Crippen LogP contribution is 2.34. The quantitative estimate of drug-likeness (QED) is 0.318. The number of carbonyl (C=O) groups excluding carboxylic acids is 2. The Labute approximate surface area is 220 Å². The SMILES string of the molecule is CC#CC(=O)N[C@@H](C)c1nc(-c2ccc(C(=O)Nc3cc(C(F)(F)F)ccn3)c(OC)c2)c2c(N)nccn12. The van der Waals surface area contributed by atoms with E-state index in [0.717, 1.165) is 18.3 Å². The number of nitrogen functional groups attached to an aromatic ring is 1. The van der Waals surface area contributed by atoms with Gasteiger partial charge in [0.25, 0.3) is 11.8 Å². The highest BCUT2D eigenvalue weighted by Gasteiger charge is 2.31. The normalized spacial score (nSPS) is 11.8. The van der Waals surface area contributed by atoms with Crippen LogP contribution in [0.2, 0.25) is 0 Å². The summed E-state index contributed by atoms with van der Waals surface area (Å²) in [5.74, 6) is 4.23. The third kappa shape index (κ3) is 5.59. The van der Waals surface area contributed by atoms with E-state index in [0.29, 0.717) is 22.6 Å². The Morgan fingerprint density at radius 3 is 2.62 bits per heavy atom. The first-order valence-electron chi connectivity index (χ1n) is 11.4. The Kier molecular flexibility index (Phi) is 7.39. The number of halogens is 3. The van der Waals surface area contributed by atoms with Crippen molar-refractivity contribution < 1.29 is 27.5 Å². The average molecular weight is 538 g/mol. The second-order valence-electron chi connectivity index (χ2n) is 8.22. The van der Waals surface area contributed by atoms with Crippen molar-refractivity contribution in [2.75, 3.05) is 18.2 Å². The zero-order chi connectivity index (χ0) is 28.3. The van der Waals surface area contributed by atoms with Crippen LogP contribution in [-0.2, 0) is 11.0 Å². The van der Waals surface area contributed by atoms with Crippen molar-refractivity contribution in [3.63, 3.8) is 0 Å². The molecule has 1 aromatic carbocycles. The molecule has 39 heavy (non-hydrogen) atoms. The molecule has 13 heteroatoms.